The average Bonchev–Trinajstić information content (AvgIpc) is 2.72. The Labute approximate surface area is 88.4 Å². The number of hydrogen-bond acceptors (Lipinski definition) is 4. The predicted molar refractivity (Wildman–Crippen MR) is 53.8 cm³/mol. The van der Waals surface area contributed by atoms with E-state index >= 15 is 0 Å². The molecule has 2 N–H and O–H groups in total. The molecule has 0 atom stereocenters. The van der Waals surface area contributed by atoms with Crippen LogP contribution in [-0.4, -0.2) is 21.2 Å². The number of nitrogens with zero attached hydrogens (tertiary/aromatic N) is 3. The Morgan fingerprint density at radius 3 is 2.93 bits per heavy atom. The molecule has 4 nitrogen and oxygen atoms in total. The van der Waals surface area contributed by atoms with Crippen LogP contribution in [0.15, 0.2) is 17.8 Å². The van der Waals surface area contributed by atoms with Gasteiger partial charge >= 0.3 is 0 Å². The van der Waals surface area contributed by atoms with E-state index in [4.69, 9.17) is 5.73 Å². The van der Waals surface area contributed by atoms with Gasteiger partial charge in [-0.2, -0.15) is 5.10 Å². The first-order valence-corrected chi connectivity index (χ1v) is 5.05. The van der Waals surface area contributed by atoms with E-state index in [9.17, 15) is 8.78 Å². The van der Waals surface area contributed by atoms with Gasteiger partial charge in [-0.25, -0.2) is 13.8 Å². The fourth-order valence-corrected chi connectivity index (χ4v) is 1.82. The van der Waals surface area contributed by atoms with Crippen molar-refractivity contribution in [2.75, 3.05) is 5.73 Å². The molecule has 0 spiro atoms. The number of halogens is 2. The van der Waals surface area contributed by atoms with Gasteiger partial charge in [0.05, 0.1) is 6.20 Å². The van der Waals surface area contributed by atoms with Crippen LogP contribution in [0.25, 0.3) is 10.6 Å². The van der Waals surface area contributed by atoms with Crippen molar-refractivity contribution in [2.45, 2.75) is 13.0 Å². The molecule has 0 amide bonds. The molecule has 0 aliphatic rings. The molecule has 2 aromatic heterocycles. The highest BCUT2D eigenvalue weighted by atomic mass is 32.1. The molecular formula is C8H8F2N4S. The number of alkyl halides is 2. The molecule has 0 aromatic carbocycles. The predicted octanol–water partition coefficient (Wildman–Crippen LogP) is 1.85. The van der Waals surface area contributed by atoms with Crippen molar-refractivity contribution in [2.24, 2.45) is 0 Å². The number of hydrogen-bond donors (Lipinski definition) is 1. The van der Waals surface area contributed by atoms with E-state index in [1.165, 1.54) is 28.4 Å². The highest BCUT2D eigenvalue weighted by Gasteiger charge is 2.08. The minimum absolute atomic E-state index is 0.402. The van der Waals surface area contributed by atoms with Crippen molar-refractivity contribution in [3.63, 3.8) is 0 Å². The number of nitrogen functional groups attached to an aromatic ring is 1. The molecule has 0 saturated carbocycles. The summed E-state index contributed by atoms with van der Waals surface area (Å²) in [4.78, 5) is 4.03. The molecular weight excluding hydrogens is 222 g/mol. The van der Waals surface area contributed by atoms with Gasteiger partial charge in [-0.15, -0.1) is 11.3 Å². The molecule has 15 heavy (non-hydrogen) atoms. The monoisotopic (exact) mass is 230 g/mol. The van der Waals surface area contributed by atoms with Crippen molar-refractivity contribution in [1.29, 1.82) is 0 Å². The van der Waals surface area contributed by atoms with Gasteiger partial charge in [0.25, 0.3) is 6.43 Å². The number of thiazole rings is 1. The summed E-state index contributed by atoms with van der Waals surface area (Å²) < 4.78 is 25.3. The van der Waals surface area contributed by atoms with Gasteiger partial charge in [-0.1, -0.05) is 0 Å². The molecule has 0 radical (unpaired) electrons. The van der Waals surface area contributed by atoms with Crippen molar-refractivity contribution >= 4 is 17.2 Å². The summed E-state index contributed by atoms with van der Waals surface area (Å²) in [5.41, 5.74) is 6.16. The van der Waals surface area contributed by atoms with E-state index in [0.717, 1.165) is 0 Å². The molecule has 2 rings (SSSR count). The molecule has 2 aromatic rings. The lowest BCUT2D eigenvalue weighted by atomic mass is 10.4. The van der Waals surface area contributed by atoms with Crippen molar-refractivity contribution < 1.29 is 8.78 Å². The van der Waals surface area contributed by atoms with E-state index in [1.807, 2.05) is 0 Å². The van der Waals surface area contributed by atoms with Crippen LogP contribution in [-0.2, 0) is 6.54 Å². The molecule has 0 unspecified atom stereocenters. The van der Waals surface area contributed by atoms with E-state index in [1.54, 1.807) is 5.38 Å². The third kappa shape index (κ3) is 2.30. The van der Waals surface area contributed by atoms with Crippen LogP contribution in [0.4, 0.5) is 14.6 Å². The highest BCUT2D eigenvalue weighted by molar-refractivity contribution is 7.13. The molecule has 0 aliphatic heterocycles. The quantitative estimate of drug-likeness (QED) is 0.875. The van der Waals surface area contributed by atoms with Gasteiger partial charge in [-0.3, -0.25) is 4.68 Å². The number of rotatable bonds is 3. The molecule has 80 valence electrons. The van der Waals surface area contributed by atoms with Gasteiger partial charge in [-0.05, 0) is 0 Å². The lowest BCUT2D eigenvalue weighted by Crippen LogP contribution is -2.06. The SMILES string of the molecule is Nc1csc(-c2cnn(CC(F)F)c2)n1. The Kier molecular flexibility index (Phi) is 2.63. The zero-order valence-corrected chi connectivity index (χ0v) is 8.42. The van der Waals surface area contributed by atoms with Crippen LogP contribution in [0.2, 0.25) is 0 Å². The van der Waals surface area contributed by atoms with Crippen molar-refractivity contribution in [3.05, 3.63) is 17.8 Å². The van der Waals surface area contributed by atoms with Crippen LogP contribution >= 0.6 is 11.3 Å². The minimum Gasteiger partial charge on any atom is -0.383 e. The van der Waals surface area contributed by atoms with Crippen molar-refractivity contribution in [1.82, 2.24) is 14.8 Å². The van der Waals surface area contributed by atoms with E-state index < -0.39 is 13.0 Å². The van der Waals surface area contributed by atoms with E-state index in [-0.39, 0.29) is 0 Å². The zero-order valence-electron chi connectivity index (χ0n) is 7.60. The second kappa shape index (κ2) is 3.93. The number of aromatic nitrogens is 3. The summed E-state index contributed by atoms with van der Waals surface area (Å²) >= 11 is 1.36. The summed E-state index contributed by atoms with van der Waals surface area (Å²) in [6, 6.07) is 0. The summed E-state index contributed by atoms with van der Waals surface area (Å²) in [6.07, 6.45) is 0.629. The molecule has 2 heterocycles. The normalized spacial score (nSPS) is 11.1. The molecule has 7 heteroatoms. The molecule has 0 fully saturated rings. The summed E-state index contributed by atoms with van der Waals surface area (Å²) in [7, 11) is 0. The minimum atomic E-state index is -2.40. The second-order valence-corrected chi connectivity index (χ2v) is 3.78. The van der Waals surface area contributed by atoms with Gasteiger partial charge in [0.15, 0.2) is 0 Å². The first-order valence-electron chi connectivity index (χ1n) is 4.17. The van der Waals surface area contributed by atoms with Gasteiger partial charge in [0.1, 0.15) is 17.4 Å². The Hall–Kier alpha value is -1.50. The topological polar surface area (TPSA) is 56.7 Å². The van der Waals surface area contributed by atoms with Crippen LogP contribution in [0.3, 0.4) is 0 Å². The fraction of sp³-hybridized carbons (Fsp3) is 0.250. The third-order valence-corrected chi connectivity index (χ3v) is 2.64. The molecule has 0 saturated heterocycles. The summed E-state index contributed by atoms with van der Waals surface area (Å²) in [5.74, 6) is 0.427. The maximum absolute atomic E-state index is 12.0. The first-order chi connectivity index (χ1) is 7.15. The lowest BCUT2D eigenvalue weighted by Gasteiger charge is -1.97. The Bertz CT molecular complexity index is 451. The standard InChI is InChI=1S/C8H8F2N4S/c9-6(10)3-14-2-5(1-12-14)8-13-7(11)4-15-8/h1-2,4,6H,3,11H2. The first kappa shape index (κ1) is 10.0. The Morgan fingerprint density at radius 2 is 2.33 bits per heavy atom. The maximum atomic E-state index is 12.0. The van der Waals surface area contributed by atoms with Gasteiger partial charge in [0.2, 0.25) is 0 Å². The number of nitrogens with two attached hydrogens (primary N) is 1. The summed E-state index contributed by atoms with van der Waals surface area (Å²) in [6.45, 7) is -0.402. The molecule has 0 bridgehead atoms. The van der Waals surface area contributed by atoms with Crippen LogP contribution in [0.5, 0.6) is 0 Å². The smallest absolute Gasteiger partial charge is 0.257 e. The maximum Gasteiger partial charge on any atom is 0.257 e. The number of anilines is 1. The van der Waals surface area contributed by atoms with Crippen LogP contribution in [0, 0.1) is 0 Å². The largest absolute Gasteiger partial charge is 0.383 e. The summed E-state index contributed by atoms with van der Waals surface area (Å²) in [5, 5.41) is 6.19. The fourth-order valence-electron chi connectivity index (χ4n) is 1.13. The lowest BCUT2D eigenvalue weighted by molar-refractivity contribution is 0.122. The van der Waals surface area contributed by atoms with Crippen molar-refractivity contribution in [3.8, 4) is 10.6 Å². The average molecular weight is 230 g/mol. The molecule has 0 aliphatic carbocycles. The van der Waals surface area contributed by atoms with Crippen LogP contribution in [0.1, 0.15) is 0 Å². The van der Waals surface area contributed by atoms with Crippen LogP contribution < -0.4 is 5.73 Å². The van der Waals surface area contributed by atoms with Gasteiger partial charge < -0.3 is 5.73 Å². The van der Waals surface area contributed by atoms with E-state index in [0.29, 0.717) is 16.4 Å². The highest BCUT2D eigenvalue weighted by Crippen LogP contribution is 2.23. The Balaban J connectivity index is 2.20. The Morgan fingerprint density at radius 1 is 1.53 bits per heavy atom. The van der Waals surface area contributed by atoms with E-state index in [2.05, 4.69) is 10.1 Å². The third-order valence-electron chi connectivity index (χ3n) is 1.73. The van der Waals surface area contributed by atoms with Gasteiger partial charge in [0, 0.05) is 17.1 Å². The second-order valence-electron chi connectivity index (χ2n) is 2.92. The zero-order chi connectivity index (χ0) is 10.8.